The summed E-state index contributed by atoms with van der Waals surface area (Å²) >= 11 is 0. The number of nitrogens with zero attached hydrogens (tertiary/aromatic N) is 4. The predicted octanol–water partition coefficient (Wildman–Crippen LogP) is 3.22. The normalized spacial score (nSPS) is 11.9. The summed E-state index contributed by atoms with van der Waals surface area (Å²) in [6.45, 7) is 15.6. The Morgan fingerprint density at radius 2 is 1.71 bits per heavy atom. The van der Waals surface area contributed by atoms with Gasteiger partial charge in [0, 0.05) is 18.6 Å². The fourth-order valence-electron chi connectivity index (χ4n) is 2.24. The molecule has 0 atom stereocenters. The number of nitrogens with one attached hydrogen (secondary N) is 2. The van der Waals surface area contributed by atoms with E-state index in [1.165, 1.54) is 6.33 Å². The van der Waals surface area contributed by atoms with Crippen molar-refractivity contribution in [3.05, 3.63) is 16.4 Å². The van der Waals surface area contributed by atoms with E-state index < -0.39 is 4.92 Å². The minimum Gasteiger partial charge on any atom is -0.350 e. The lowest BCUT2D eigenvalue weighted by Gasteiger charge is -2.27. The molecule has 0 amide bonds. The monoisotopic (exact) mass is 338 g/mol. The lowest BCUT2D eigenvalue weighted by atomic mass is 10.1. The summed E-state index contributed by atoms with van der Waals surface area (Å²) in [4.78, 5) is 21.5. The van der Waals surface area contributed by atoms with Crippen molar-refractivity contribution in [1.82, 2.24) is 15.4 Å². The lowest BCUT2D eigenvalue weighted by molar-refractivity contribution is -0.383. The Labute approximate surface area is 144 Å². The predicted molar refractivity (Wildman–Crippen MR) is 97.1 cm³/mol. The van der Waals surface area contributed by atoms with E-state index in [2.05, 4.69) is 48.5 Å². The van der Waals surface area contributed by atoms with Gasteiger partial charge in [0.05, 0.1) is 4.92 Å². The van der Waals surface area contributed by atoms with E-state index in [0.29, 0.717) is 30.7 Å². The molecule has 0 radical (unpaired) electrons. The van der Waals surface area contributed by atoms with Crippen LogP contribution in [0.4, 0.5) is 17.3 Å². The third kappa shape index (κ3) is 6.27. The molecule has 1 heterocycles. The molecule has 1 aromatic rings. The van der Waals surface area contributed by atoms with Crippen LogP contribution in [0.3, 0.4) is 0 Å². The van der Waals surface area contributed by atoms with E-state index in [0.717, 1.165) is 0 Å². The topological polar surface area (TPSA) is 96.2 Å². The number of anilines is 2. The molecule has 0 fully saturated rings. The molecule has 24 heavy (non-hydrogen) atoms. The first kappa shape index (κ1) is 20.1. The Hall–Kier alpha value is -1.96. The Morgan fingerprint density at radius 3 is 2.12 bits per heavy atom. The van der Waals surface area contributed by atoms with Crippen LogP contribution in [0.5, 0.6) is 0 Å². The zero-order valence-electron chi connectivity index (χ0n) is 15.8. The zero-order chi connectivity index (χ0) is 18.5. The molecule has 8 heteroatoms. The highest BCUT2D eigenvalue weighted by atomic mass is 16.6. The number of hydrogen-bond donors (Lipinski definition) is 2. The van der Waals surface area contributed by atoms with E-state index in [4.69, 9.17) is 0 Å². The van der Waals surface area contributed by atoms with Gasteiger partial charge in [-0.05, 0) is 32.6 Å². The Morgan fingerprint density at radius 1 is 1.17 bits per heavy atom. The van der Waals surface area contributed by atoms with E-state index in [9.17, 15) is 10.1 Å². The van der Waals surface area contributed by atoms with Crippen molar-refractivity contribution in [2.75, 3.05) is 23.4 Å². The smallest absolute Gasteiger partial charge is 0.350 e. The summed E-state index contributed by atoms with van der Waals surface area (Å²) in [6, 6.07) is 0. The van der Waals surface area contributed by atoms with Crippen molar-refractivity contribution in [2.45, 2.75) is 54.0 Å². The second kappa shape index (κ2) is 8.23. The molecule has 136 valence electrons. The Bertz CT molecular complexity index is 544. The van der Waals surface area contributed by atoms with Crippen LogP contribution in [0.25, 0.3) is 0 Å². The van der Waals surface area contributed by atoms with Gasteiger partial charge in [-0.2, -0.15) is 0 Å². The number of rotatable bonds is 8. The number of nitro groups is 1. The van der Waals surface area contributed by atoms with Crippen molar-refractivity contribution in [3.8, 4) is 0 Å². The van der Waals surface area contributed by atoms with Gasteiger partial charge < -0.3 is 4.90 Å². The Balaban J connectivity index is 3.26. The van der Waals surface area contributed by atoms with Crippen LogP contribution in [0, 0.1) is 22.0 Å². The van der Waals surface area contributed by atoms with Crippen molar-refractivity contribution in [3.63, 3.8) is 0 Å². The molecule has 0 unspecified atom stereocenters. The molecule has 0 aromatic carbocycles. The van der Waals surface area contributed by atoms with E-state index in [-0.39, 0.29) is 17.0 Å². The average molecular weight is 338 g/mol. The number of hydrazine groups is 1. The molecule has 0 bridgehead atoms. The maximum atomic E-state index is 11.7. The van der Waals surface area contributed by atoms with Crippen molar-refractivity contribution in [1.29, 1.82) is 0 Å². The first-order valence-electron chi connectivity index (χ1n) is 8.28. The molecular formula is C16H30N6O2. The first-order chi connectivity index (χ1) is 11.0. The SMILES string of the molecule is CC(C)CN(CC(C)C)c1ncnc(NNC(C)(C)C)c1[N+](=O)[O-]. The zero-order valence-corrected chi connectivity index (χ0v) is 15.8. The minimum absolute atomic E-state index is 0.101. The van der Waals surface area contributed by atoms with Crippen molar-refractivity contribution < 1.29 is 4.92 Å². The van der Waals surface area contributed by atoms with Crippen molar-refractivity contribution in [2.24, 2.45) is 11.8 Å². The van der Waals surface area contributed by atoms with Crippen LogP contribution < -0.4 is 15.8 Å². The summed E-state index contributed by atoms with van der Waals surface area (Å²) in [5.41, 5.74) is 5.53. The van der Waals surface area contributed by atoms with E-state index >= 15 is 0 Å². The minimum atomic E-state index is -0.421. The summed E-state index contributed by atoms with van der Waals surface area (Å²) < 4.78 is 0. The summed E-state index contributed by atoms with van der Waals surface area (Å²) in [5, 5.41) is 11.7. The molecule has 0 saturated carbocycles. The van der Waals surface area contributed by atoms with Gasteiger partial charge in [0.2, 0.25) is 11.6 Å². The molecule has 0 spiro atoms. The number of hydrogen-bond acceptors (Lipinski definition) is 7. The van der Waals surface area contributed by atoms with Gasteiger partial charge in [0.1, 0.15) is 6.33 Å². The van der Waals surface area contributed by atoms with Crippen LogP contribution in [0.2, 0.25) is 0 Å². The third-order valence-corrected chi connectivity index (χ3v) is 3.01. The van der Waals surface area contributed by atoms with Gasteiger partial charge in [-0.3, -0.25) is 15.5 Å². The van der Waals surface area contributed by atoms with Crippen LogP contribution in [0.15, 0.2) is 6.33 Å². The quantitative estimate of drug-likeness (QED) is 0.555. The second-order valence-electron chi connectivity index (χ2n) is 7.84. The van der Waals surface area contributed by atoms with Gasteiger partial charge in [-0.1, -0.05) is 27.7 Å². The fourth-order valence-corrected chi connectivity index (χ4v) is 2.24. The number of aromatic nitrogens is 2. The average Bonchev–Trinajstić information content (AvgIpc) is 2.42. The largest absolute Gasteiger partial charge is 0.354 e. The molecule has 2 N–H and O–H groups in total. The highest BCUT2D eigenvalue weighted by molar-refractivity contribution is 5.70. The molecular weight excluding hydrogens is 308 g/mol. The van der Waals surface area contributed by atoms with Crippen LogP contribution in [0.1, 0.15) is 48.5 Å². The van der Waals surface area contributed by atoms with E-state index in [1.807, 2.05) is 25.7 Å². The van der Waals surface area contributed by atoms with Crippen LogP contribution in [-0.2, 0) is 0 Å². The summed E-state index contributed by atoms with van der Waals surface area (Å²) in [7, 11) is 0. The third-order valence-electron chi connectivity index (χ3n) is 3.01. The highest BCUT2D eigenvalue weighted by Gasteiger charge is 2.28. The maximum absolute atomic E-state index is 11.7. The maximum Gasteiger partial charge on any atom is 0.354 e. The second-order valence-corrected chi connectivity index (χ2v) is 7.84. The molecule has 0 aliphatic rings. The van der Waals surface area contributed by atoms with E-state index in [1.54, 1.807) is 0 Å². The van der Waals surface area contributed by atoms with Gasteiger partial charge in [-0.25, -0.2) is 15.4 Å². The van der Waals surface area contributed by atoms with Gasteiger partial charge in [0.15, 0.2) is 0 Å². The Kier molecular flexibility index (Phi) is 6.89. The first-order valence-corrected chi connectivity index (χ1v) is 8.28. The molecule has 0 saturated heterocycles. The molecule has 1 rings (SSSR count). The fraction of sp³-hybridized carbons (Fsp3) is 0.750. The van der Waals surface area contributed by atoms with Crippen LogP contribution in [-0.4, -0.2) is 33.5 Å². The lowest BCUT2D eigenvalue weighted by Crippen LogP contribution is -2.40. The molecule has 8 nitrogen and oxygen atoms in total. The van der Waals surface area contributed by atoms with Crippen LogP contribution >= 0.6 is 0 Å². The molecule has 0 aliphatic heterocycles. The molecule has 1 aromatic heterocycles. The summed E-state index contributed by atoms with van der Waals surface area (Å²) in [6.07, 6.45) is 1.36. The molecule has 0 aliphatic carbocycles. The van der Waals surface area contributed by atoms with Gasteiger partial charge in [-0.15, -0.1) is 0 Å². The van der Waals surface area contributed by atoms with Gasteiger partial charge >= 0.3 is 5.69 Å². The van der Waals surface area contributed by atoms with Crippen molar-refractivity contribution >= 4 is 17.3 Å². The summed E-state index contributed by atoms with van der Waals surface area (Å²) in [5.74, 6) is 1.26. The standard InChI is InChI=1S/C16H30N6O2/c1-11(2)8-21(9-12(3)4)15-13(22(23)24)14(17-10-18-15)19-20-16(5,6)7/h10-12,20H,8-9H2,1-7H3,(H,17,18,19). The van der Waals surface area contributed by atoms with Gasteiger partial charge in [0.25, 0.3) is 0 Å². The highest BCUT2D eigenvalue weighted by Crippen LogP contribution is 2.32.